The molecule has 1 aromatic heterocycles. The molecule has 1 aliphatic heterocycles. The van der Waals surface area contributed by atoms with E-state index in [2.05, 4.69) is 12.4 Å². The van der Waals surface area contributed by atoms with Gasteiger partial charge in [-0.2, -0.15) is 13.2 Å². The number of phenols is 1. The minimum absolute atomic E-state index is 0.0503. The summed E-state index contributed by atoms with van der Waals surface area (Å²) in [7, 11) is 2.11. The van der Waals surface area contributed by atoms with Crippen molar-refractivity contribution in [3.05, 3.63) is 80.7 Å². The number of ether oxygens (including phenoxy) is 2. The number of nitrogens with one attached hydrogen (secondary N) is 1. The number of piperidine rings is 1. The smallest absolute Gasteiger partial charge is 0.430 e. The van der Waals surface area contributed by atoms with Crippen LogP contribution >= 0.6 is 22.9 Å². The Hall–Kier alpha value is -4.87. The summed E-state index contributed by atoms with van der Waals surface area (Å²) in [6.07, 6.45) is -3.70. The van der Waals surface area contributed by atoms with Crippen molar-refractivity contribution in [3.63, 3.8) is 0 Å². The van der Waals surface area contributed by atoms with Gasteiger partial charge in [0.05, 0.1) is 45.0 Å². The number of hydrogen-bond donors (Lipinski definition) is 3. The number of esters is 2. The van der Waals surface area contributed by atoms with Crippen LogP contribution in [0.3, 0.4) is 0 Å². The number of amides is 3. The summed E-state index contributed by atoms with van der Waals surface area (Å²) in [6, 6.07) is 11.9. The Morgan fingerprint density at radius 1 is 1.04 bits per heavy atom. The number of likely N-dealkylation sites (N-methyl/N-ethyl adjacent to an activating group) is 1. The van der Waals surface area contributed by atoms with Crippen LogP contribution in [0.4, 0.5) is 23.0 Å². The van der Waals surface area contributed by atoms with Gasteiger partial charge in [-0.1, -0.05) is 35.9 Å². The molecule has 1 fully saturated rings. The summed E-state index contributed by atoms with van der Waals surface area (Å²) >= 11 is 7.04. The van der Waals surface area contributed by atoms with Gasteiger partial charge < -0.3 is 39.6 Å². The number of anilines is 1. The van der Waals surface area contributed by atoms with E-state index in [1.165, 1.54) is 17.0 Å². The first-order valence-electron chi connectivity index (χ1n) is 16.8. The lowest BCUT2D eigenvalue weighted by Gasteiger charge is -2.46. The molecule has 13 nitrogen and oxygen atoms in total. The molecule has 3 atom stereocenters. The third-order valence-corrected chi connectivity index (χ3v) is 10.0. The molecule has 3 amide bonds. The molecule has 2 heterocycles. The lowest BCUT2D eigenvalue weighted by Crippen LogP contribution is -2.62. The van der Waals surface area contributed by atoms with Crippen LogP contribution in [0.1, 0.15) is 63.4 Å². The molecular weight excluding hydrogens is 757 g/mol. The van der Waals surface area contributed by atoms with Crippen molar-refractivity contribution >= 4 is 57.8 Å². The van der Waals surface area contributed by atoms with Gasteiger partial charge in [0.25, 0.3) is 0 Å². The van der Waals surface area contributed by atoms with E-state index in [0.29, 0.717) is 40.1 Å². The standard InChI is InChI=1S/C34H41ClN4O7S.C2HF3O2/c1-5-45-32(42)28-21(3)29(33(43)46-6-2)47-31(28)37-34(44)38(27(30(36)41)18-22-11-15-26(40)16-12-22)25-8-7-17-39(4,20-25)19-23-9-13-24(35)14-10-23;3-2(4,5)1(6)7/h9-16,25,27H,5-8,17-20H2,1-4H3,(H3-,36,37,40,41,42,43,44);(H,6,7)/t25-,27+,39?;/m1./s1. The number of halogens is 4. The van der Waals surface area contributed by atoms with E-state index in [-0.39, 0.29) is 40.8 Å². The Bertz CT molecular complexity index is 1810. The number of carbonyl (C=O) groups excluding carboxylic acids is 5. The van der Waals surface area contributed by atoms with Crippen LogP contribution in [0.25, 0.3) is 0 Å². The van der Waals surface area contributed by atoms with Crippen molar-refractivity contribution in [3.8, 4) is 5.75 Å². The van der Waals surface area contributed by atoms with E-state index in [1.54, 1.807) is 32.9 Å². The summed E-state index contributed by atoms with van der Waals surface area (Å²) in [5.74, 6) is -4.96. The quantitative estimate of drug-likeness (QED) is 0.171. The second-order valence-corrected chi connectivity index (χ2v) is 14.2. The molecule has 1 saturated heterocycles. The molecule has 2 aromatic carbocycles. The Kier molecular flexibility index (Phi) is 15.3. The molecule has 18 heteroatoms. The van der Waals surface area contributed by atoms with Gasteiger partial charge in [-0.15, -0.1) is 11.3 Å². The highest BCUT2D eigenvalue weighted by Gasteiger charge is 2.42. The van der Waals surface area contributed by atoms with Crippen LogP contribution in [0.15, 0.2) is 48.5 Å². The molecule has 4 rings (SSSR count). The minimum Gasteiger partial charge on any atom is -0.542 e. The van der Waals surface area contributed by atoms with Gasteiger partial charge in [0.2, 0.25) is 5.91 Å². The molecule has 4 N–H and O–H groups in total. The molecule has 0 bridgehead atoms. The number of aromatic hydroxyl groups is 1. The van der Waals surface area contributed by atoms with Gasteiger partial charge in [-0.25, -0.2) is 14.4 Å². The predicted octanol–water partition coefficient (Wildman–Crippen LogP) is 4.81. The van der Waals surface area contributed by atoms with Gasteiger partial charge in [-0.3, -0.25) is 10.1 Å². The maximum absolute atomic E-state index is 14.4. The van der Waals surface area contributed by atoms with Gasteiger partial charge in [0.1, 0.15) is 34.2 Å². The van der Waals surface area contributed by atoms with Gasteiger partial charge in [-0.05, 0) is 69.0 Å². The fourth-order valence-corrected chi connectivity index (χ4v) is 7.36. The summed E-state index contributed by atoms with van der Waals surface area (Å²) in [5.41, 5.74) is 8.18. The predicted molar refractivity (Wildman–Crippen MR) is 192 cm³/mol. The number of alkyl halides is 3. The largest absolute Gasteiger partial charge is 0.542 e. The average molecular weight is 799 g/mol. The molecule has 294 valence electrons. The Balaban J connectivity index is 0.00000102. The zero-order valence-electron chi connectivity index (χ0n) is 30.0. The number of quaternary nitrogens is 1. The highest BCUT2D eigenvalue weighted by Crippen LogP contribution is 2.36. The second kappa shape index (κ2) is 18.9. The summed E-state index contributed by atoms with van der Waals surface area (Å²) in [6.45, 7) is 7.22. The summed E-state index contributed by atoms with van der Waals surface area (Å²) in [4.78, 5) is 63.9. The van der Waals surface area contributed by atoms with Crippen LogP contribution in [-0.2, 0) is 32.0 Å². The lowest BCUT2D eigenvalue weighted by molar-refractivity contribution is -0.928. The van der Waals surface area contributed by atoms with Crippen molar-refractivity contribution in [2.24, 2.45) is 5.73 Å². The summed E-state index contributed by atoms with van der Waals surface area (Å²) < 4.78 is 42.6. The fourth-order valence-electron chi connectivity index (χ4n) is 6.16. The molecule has 3 aromatic rings. The number of aliphatic carboxylic acids is 1. The third kappa shape index (κ3) is 11.8. The van der Waals surface area contributed by atoms with E-state index >= 15 is 0 Å². The number of urea groups is 1. The molecule has 1 aliphatic rings. The zero-order chi connectivity index (χ0) is 40.4. The molecule has 0 aliphatic carbocycles. The molecule has 0 saturated carbocycles. The number of carboxylic acids is 1. The number of likely N-dealkylation sites (tertiary alicyclic amines) is 1. The third-order valence-electron chi connectivity index (χ3n) is 8.56. The number of nitrogens with two attached hydrogens (primary N) is 1. The number of carboxylic acid groups (broad SMARTS) is 1. The highest BCUT2D eigenvalue weighted by atomic mass is 35.5. The van der Waals surface area contributed by atoms with Gasteiger partial charge in [0, 0.05) is 17.0 Å². The fraction of sp³-hybridized carbons (Fsp3) is 0.417. The molecule has 0 spiro atoms. The molecule has 1 unspecified atom stereocenters. The van der Waals surface area contributed by atoms with Crippen LogP contribution in [0.5, 0.6) is 5.75 Å². The Morgan fingerprint density at radius 3 is 2.13 bits per heavy atom. The highest BCUT2D eigenvalue weighted by molar-refractivity contribution is 7.18. The van der Waals surface area contributed by atoms with Crippen LogP contribution in [-0.4, -0.2) is 95.9 Å². The number of hydrogen-bond acceptors (Lipinski definition) is 10. The minimum atomic E-state index is -5.19. The van der Waals surface area contributed by atoms with Crippen molar-refractivity contribution in [1.29, 1.82) is 0 Å². The lowest BCUT2D eigenvalue weighted by atomic mass is 9.96. The number of thiophene rings is 1. The van der Waals surface area contributed by atoms with Crippen LogP contribution in [0, 0.1) is 6.92 Å². The molecule has 0 radical (unpaired) electrons. The van der Waals surface area contributed by atoms with E-state index in [1.807, 2.05) is 24.3 Å². The van der Waals surface area contributed by atoms with Crippen molar-refractivity contribution in [1.82, 2.24) is 4.90 Å². The van der Waals surface area contributed by atoms with E-state index in [0.717, 1.165) is 29.9 Å². The first kappa shape index (κ1) is 43.5. The van der Waals surface area contributed by atoms with Crippen molar-refractivity contribution in [2.45, 2.75) is 64.8 Å². The zero-order valence-corrected chi connectivity index (χ0v) is 31.6. The number of nitrogens with zero attached hydrogens (tertiary/aromatic N) is 2. The van der Waals surface area contributed by atoms with E-state index < -0.39 is 48.1 Å². The first-order chi connectivity index (χ1) is 25.3. The normalized spacial score (nSPS) is 17.3. The molecule has 54 heavy (non-hydrogen) atoms. The Labute approximate surface area is 319 Å². The maximum Gasteiger partial charge on any atom is 0.430 e. The van der Waals surface area contributed by atoms with Crippen LogP contribution in [0.2, 0.25) is 5.02 Å². The monoisotopic (exact) mass is 798 g/mol. The number of primary amides is 1. The summed E-state index contributed by atoms with van der Waals surface area (Å²) in [5, 5.41) is 22.2. The Morgan fingerprint density at radius 2 is 1.59 bits per heavy atom. The van der Waals surface area contributed by atoms with Crippen LogP contribution < -0.4 is 16.2 Å². The second-order valence-electron chi connectivity index (χ2n) is 12.7. The molecular formula is C36H42ClF3N4O9S. The van der Waals surface area contributed by atoms with Gasteiger partial charge in [0.15, 0.2) is 0 Å². The number of carbonyl (C=O) groups is 5. The number of phenolic OH excluding ortho intramolecular Hbond substituents is 1. The van der Waals surface area contributed by atoms with Crippen molar-refractivity contribution in [2.75, 3.05) is 38.7 Å². The topological polar surface area (TPSA) is 188 Å². The average Bonchev–Trinajstić information content (AvgIpc) is 3.41. The first-order valence-corrected chi connectivity index (χ1v) is 18.0. The maximum atomic E-state index is 14.4. The number of benzene rings is 2. The number of rotatable bonds is 12. The van der Waals surface area contributed by atoms with Crippen molar-refractivity contribution < 1.29 is 61.3 Å². The van der Waals surface area contributed by atoms with E-state index in [9.17, 15) is 37.5 Å². The van der Waals surface area contributed by atoms with E-state index in [4.69, 9.17) is 36.7 Å². The van der Waals surface area contributed by atoms with Gasteiger partial charge >= 0.3 is 24.1 Å². The SMILES string of the molecule is CCOC(=O)c1sc(NC(=O)N([C@@H]2CCC[N+](C)(Cc3ccc(Cl)cc3)C2)[C@@H](Cc2ccc(O)cc2)C(N)=O)c(C(=O)OCC)c1C.O=C([O-])C(F)(F)F.